The van der Waals surface area contributed by atoms with Gasteiger partial charge >= 0.3 is 0 Å². The van der Waals surface area contributed by atoms with Crippen molar-refractivity contribution in [1.82, 2.24) is 25.0 Å². The van der Waals surface area contributed by atoms with E-state index in [1.165, 1.54) is 18.4 Å². The fourth-order valence-electron chi connectivity index (χ4n) is 9.05. The van der Waals surface area contributed by atoms with Crippen LogP contribution in [0.15, 0.2) is 47.2 Å². The number of carbonyl (C=O) groups is 1. The number of hydrogen-bond donors (Lipinski definition) is 4. The van der Waals surface area contributed by atoms with Gasteiger partial charge in [-0.05, 0) is 81.3 Å². The van der Waals surface area contributed by atoms with Crippen LogP contribution in [0.5, 0.6) is 5.75 Å². The number of aromatic hydroxyl groups is 1. The lowest BCUT2D eigenvalue weighted by Gasteiger charge is -2.61. The van der Waals surface area contributed by atoms with Crippen molar-refractivity contribution in [3.8, 4) is 5.75 Å². The minimum atomic E-state index is -0.241. The van der Waals surface area contributed by atoms with Crippen LogP contribution >= 0.6 is 0 Å². The number of nitrogen functional groups attached to an aromatic ring is 1. The van der Waals surface area contributed by atoms with Crippen LogP contribution in [0.3, 0.4) is 0 Å². The SMILES string of the molecule is CC(C)C(C=O)c1cc(N2CC3(CC(N4CCC(c5cnc(N6CCc7[nH]c(N)c(/C=C(\N)c8ccccc8O)c7C6C)nc5)CC4)C3)C2)no1. The molecule has 0 amide bonds. The molecule has 4 aromatic rings. The van der Waals surface area contributed by atoms with Crippen LogP contribution in [0.4, 0.5) is 17.6 Å². The van der Waals surface area contributed by atoms with E-state index in [-0.39, 0.29) is 23.6 Å². The summed E-state index contributed by atoms with van der Waals surface area (Å²) >= 11 is 0. The Hall–Kier alpha value is -4.84. The molecule has 0 bridgehead atoms. The number of likely N-dealkylation sites (tertiary alicyclic amines) is 1. The van der Waals surface area contributed by atoms with Crippen LogP contribution in [-0.4, -0.2) is 75.2 Å². The number of para-hydroxylation sites is 1. The molecule has 1 aromatic carbocycles. The summed E-state index contributed by atoms with van der Waals surface area (Å²) in [6.07, 6.45) is 12.4. The third-order valence-electron chi connectivity index (χ3n) is 12.0. The molecule has 12 heteroatoms. The Morgan fingerprint density at radius 1 is 1.12 bits per heavy atom. The molecule has 12 nitrogen and oxygen atoms in total. The molecule has 3 aliphatic heterocycles. The van der Waals surface area contributed by atoms with Gasteiger partial charge in [-0.1, -0.05) is 31.1 Å². The Morgan fingerprint density at radius 2 is 1.84 bits per heavy atom. The molecule has 2 saturated heterocycles. The lowest BCUT2D eigenvalue weighted by molar-refractivity contribution is -0.110. The van der Waals surface area contributed by atoms with Gasteiger partial charge in [0.15, 0.2) is 5.82 Å². The Labute approximate surface area is 298 Å². The van der Waals surface area contributed by atoms with Crippen molar-refractivity contribution in [1.29, 1.82) is 0 Å². The lowest BCUT2D eigenvalue weighted by Crippen LogP contribution is -2.67. The number of piperidine rings is 1. The number of aromatic nitrogens is 4. The number of benzene rings is 1. The minimum absolute atomic E-state index is 0.0126. The minimum Gasteiger partial charge on any atom is -0.507 e. The molecule has 3 aromatic heterocycles. The van der Waals surface area contributed by atoms with Crippen molar-refractivity contribution in [3.63, 3.8) is 0 Å². The predicted octanol–water partition coefficient (Wildman–Crippen LogP) is 5.45. The number of phenolic OH excluding ortho intramolecular Hbond substituents is 1. The topological polar surface area (TPSA) is 167 Å². The maximum atomic E-state index is 11.5. The van der Waals surface area contributed by atoms with E-state index in [0.717, 1.165) is 86.9 Å². The number of aromatic amines is 1. The van der Waals surface area contributed by atoms with Gasteiger partial charge in [0.1, 0.15) is 23.6 Å². The summed E-state index contributed by atoms with van der Waals surface area (Å²) < 4.78 is 5.55. The normalized spacial score (nSPS) is 21.8. The van der Waals surface area contributed by atoms with E-state index < -0.39 is 0 Å². The number of anilines is 3. The number of hydrogen-bond acceptors (Lipinski definition) is 11. The quantitative estimate of drug-likeness (QED) is 0.165. The molecule has 2 atom stereocenters. The molecule has 1 aliphatic carbocycles. The highest BCUT2D eigenvalue weighted by molar-refractivity contribution is 5.86. The summed E-state index contributed by atoms with van der Waals surface area (Å²) in [7, 11) is 0. The van der Waals surface area contributed by atoms with E-state index in [0.29, 0.717) is 40.2 Å². The smallest absolute Gasteiger partial charge is 0.225 e. The maximum Gasteiger partial charge on any atom is 0.225 e. The monoisotopic (exact) mass is 691 g/mol. The number of nitrogens with one attached hydrogen (secondary N) is 1. The van der Waals surface area contributed by atoms with Crippen molar-refractivity contribution in [2.45, 2.75) is 76.8 Å². The molecule has 3 fully saturated rings. The standard InChI is InChI=1S/C39H49N9O3/c1-23(2)30(20-49)34-15-35(45-51-34)47-21-39(22-47)16-27(17-39)46-11-8-25(9-12-46)26-18-42-38(43-19-26)48-13-10-32-36(24(48)3)29(37(41)44-32)14-31(40)28-6-4-5-7-33(28)50/h4-7,14-15,18-20,23-25,27,30,44,50H,8-13,16-17,21-22,40-41H2,1-3H3/b31-14-. The van der Waals surface area contributed by atoms with Crippen LogP contribution in [-0.2, 0) is 11.2 Å². The fourth-order valence-corrected chi connectivity index (χ4v) is 9.05. The van der Waals surface area contributed by atoms with Crippen molar-refractivity contribution >= 4 is 35.6 Å². The number of carbonyl (C=O) groups excluding carboxylic acids is 1. The molecule has 0 radical (unpaired) electrons. The summed E-state index contributed by atoms with van der Waals surface area (Å²) in [5.74, 6) is 3.37. The molecule has 1 saturated carbocycles. The molecular weight excluding hydrogens is 642 g/mol. The Bertz CT molecular complexity index is 1910. The number of phenols is 1. The van der Waals surface area contributed by atoms with Gasteiger partial charge in [0.05, 0.1) is 12.0 Å². The molecule has 4 aliphatic rings. The highest BCUT2D eigenvalue weighted by Gasteiger charge is 2.54. The third kappa shape index (κ3) is 6.03. The van der Waals surface area contributed by atoms with Crippen LogP contribution < -0.4 is 21.3 Å². The molecule has 6 N–H and O–H groups in total. The maximum absolute atomic E-state index is 11.5. The molecular formula is C39H49N9O3. The van der Waals surface area contributed by atoms with Gasteiger partial charge in [-0.15, -0.1) is 0 Å². The highest BCUT2D eigenvalue weighted by atomic mass is 16.5. The Morgan fingerprint density at radius 3 is 2.53 bits per heavy atom. The number of nitrogens with zero attached hydrogens (tertiary/aromatic N) is 6. The number of rotatable bonds is 9. The Balaban J connectivity index is 0.848. The Kier molecular flexibility index (Phi) is 8.52. The van der Waals surface area contributed by atoms with Crippen LogP contribution in [0.2, 0.25) is 0 Å². The van der Waals surface area contributed by atoms with Gasteiger partial charge < -0.3 is 45.6 Å². The number of H-pyrrole nitrogens is 1. The van der Waals surface area contributed by atoms with E-state index in [9.17, 15) is 9.90 Å². The lowest BCUT2D eigenvalue weighted by atomic mass is 9.60. The van der Waals surface area contributed by atoms with E-state index in [1.54, 1.807) is 18.2 Å². The zero-order chi connectivity index (χ0) is 35.4. The second-order valence-corrected chi connectivity index (χ2v) is 15.6. The van der Waals surface area contributed by atoms with Crippen molar-refractivity contribution in [2.75, 3.05) is 48.3 Å². The fraction of sp³-hybridized carbons (Fsp3) is 0.487. The zero-order valence-corrected chi connectivity index (χ0v) is 29.8. The predicted molar refractivity (Wildman–Crippen MR) is 198 cm³/mol. The molecule has 1 spiro atoms. The summed E-state index contributed by atoms with van der Waals surface area (Å²) in [6, 6.07) is 9.65. The average molecular weight is 692 g/mol. The highest BCUT2D eigenvalue weighted by Crippen LogP contribution is 2.52. The molecule has 268 valence electrons. The van der Waals surface area contributed by atoms with Gasteiger partial charge in [-0.2, -0.15) is 0 Å². The molecule has 51 heavy (non-hydrogen) atoms. The van der Waals surface area contributed by atoms with E-state index in [4.69, 9.17) is 26.0 Å². The first-order valence-electron chi connectivity index (χ1n) is 18.4. The first kappa shape index (κ1) is 33.3. The van der Waals surface area contributed by atoms with E-state index in [2.05, 4.69) is 31.8 Å². The van der Waals surface area contributed by atoms with Gasteiger partial charge in [-0.3, -0.25) is 0 Å². The van der Waals surface area contributed by atoms with Crippen LogP contribution in [0, 0.1) is 11.3 Å². The summed E-state index contributed by atoms with van der Waals surface area (Å²) in [5, 5.41) is 14.6. The summed E-state index contributed by atoms with van der Waals surface area (Å²) in [5.41, 5.74) is 18.6. The van der Waals surface area contributed by atoms with E-state index in [1.807, 2.05) is 44.4 Å². The second kappa shape index (κ2) is 13.0. The second-order valence-electron chi connectivity index (χ2n) is 15.6. The average Bonchev–Trinajstić information content (AvgIpc) is 3.69. The van der Waals surface area contributed by atoms with Crippen molar-refractivity contribution in [2.24, 2.45) is 17.1 Å². The number of fused-ring (bicyclic) bond motifs is 1. The zero-order valence-electron chi connectivity index (χ0n) is 29.8. The molecule has 6 heterocycles. The first-order chi connectivity index (χ1) is 24.6. The molecule has 8 rings (SSSR count). The largest absolute Gasteiger partial charge is 0.507 e. The number of aldehydes is 1. The number of nitrogens with two attached hydrogens (primary N) is 2. The van der Waals surface area contributed by atoms with E-state index >= 15 is 0 Å². The van der Waals surface area contributed by atoms with Gasteiger partial charge in [0.25, 0.3) is 0 Å². The van der Waals surface area contributed by atoms with Gasteiger partial charge in [-0.25, -0.2) is 9.97 Å². The van der Waals surface area contributed by atoms with Crippen molar-refractivity contribution < 1.29 is 14.4 Å². The summed E-state index contributed by atoms with van der Waals surface area (Å²) in [6.45, 7) is 11.2. The van der Waals surface area contributed by atoms with Crippen LogP contribution in [0.25, 0.3) is 11.8 Å². The van der Waals surface area contributed by atoms with Crippen molar-refractivity contribution in [3.05, 3.63) is 76.4 Å². The first-order valence-corrected chi connectivity index (χ1v) is 18.4. The van der Waals surface area contributed by atoms with Gasteiger partial charge in [0.2, 0.25) is 5.95 Å². The molecule has 2 unspecified atom stereocenters. The van der Waals surface area contributed by atoms with Crippen LogP contribution in [0.1, 0.15) is 98.0 Å². The third-order valence-corrected chi connectivity index (χ3v) is 12.0. The summed E-state index contributed by atoms with van der Waals surface area (Å²) in [4.78, 5) is 31.9. The van der Waals surface area contributed by atoms with Gasteiger partial charge in [0, 0.05) is 84.1 Å².